The molecule has 2 aliphatic rings. The predicted octanol–water partition coefficient (Wildman–Crippen LogP) is 0.995. The van der Waals surface area contributed by atoms with Crippen molar-refractivity contribution in [3.63, 3.8) is 0 Å². The lowest BCUT2D eigenvalue weighted by atomic mass is 10.3. The highest BCUT2D eigenvalue weighted by Crippen LogP contribution is 2.36. The van der Waals surface area contributed by atoms with E-state index in [0.29, 0.717) is 0 Å². The van der Waals surface area contributed by atoms with Crippen molar-refractivity contribution in [3.8, 4) is 0 Å². The molecule has 0 aromatic rings. The molecule has 2 rings (SSSR count). The lowest BCUT2D eigenvalue weighted by Gasteiger charge is -2.22. The van der Waals surface area contributed by atoms with Gasteiger partial charge < -0.3 is 14.8 Å². The van der Waals surface area contributed by atoms with Crippen molar-refractivity contribution >= 4 is 0 Å². The normalized spacial score (nSPS) is 36.5. The van der Waals surface area contributed by atoms with Crippen LogP contribution in [0.4, 0.5) is 0 Å². The quantitative estimate of drug-likeness (QED) is 0.708. The molecular weight excluding hydrogens is 166 g/mol. The van der Waals surface area contributed by atoms with Crippen molar-refractivity contribution in [2.24, 2.45) is 11.8 Å². The maximum atomic E-state index is 5.48. The third kappa shape index (κ3) is 2.42. The molecule has 76 valence electrons. The average Bonchev–Trinajstić information content (AvgIpc) is 2.62. The monoisotopic (exact) mass is 185 g/mol. The van der Waals surface area contributed by atoms with Crippen LogP contribution in [-0.4, -0.2) is 32.1 Å². The fourth-order valence-electron chi connectivity index (χ4n) is 1.83. The molecule has 2 atom stereocenters. The van der Waals surface area contributed by atoms with Gasteiger partial charge in [-0.15, -0.1) is 0 Å². The van der Waals surface area contributed by atoms with Crippen LogP contribution in [0.25, 0.3) is 0 Å². The van der Waals surface area contributed by atoms with Crippen LogP contribution < -0.4 is 5.32 Å². The van der Waals surface area contributed by atoms with E-state index >= 15 is 0 Å². The van der Waals surface area contributed by atoms with Gasteiger partial charge in [0.1, 0.15) is 0 Å². The highest BCUT2D eigenvalue weighted by molar-refractivity contribution is 4.85. The predicted molar refractivity (Wildman–Crippen MR) is 50.4 cm³/mol. The minimum atomic E-state index is -0.363. The Morgan fingerprint density at radius 1 is 1.38 bits per heavy atom. The summed E-state index contributed by atoms with van der Waals surface area (Å²) in [4.78, 5) is 0. The van der Waals surface area contributed by atoms with Crippen molar-refractivity contribution in [2.75, 3.05) is 26.3 Å². The minimum absolute atomic E-state index is 0.363. The van der Waals surface area contributed by atoms with Crippen molar-refractivity contribution in [2.45, 2.75) is 26.1 Å². The molecule has 0 spiro atoms. The van der Waals surface area contributed by atoms with E-state index < -0.39 is 0 Å². The van der Waals surface area contributed by atoms with Gasteiger partial charge in [0.05, 0.1) is 13.2 Å². The molecule has 1 saturated heterocycles. The second-order valence-corrected chi connectivity index (χ2v) is 4.43. The molecule has 0 aromatic carbocycles. The molecule has 3 heteroatoms. The third-order valence-electron chi connectivity index (χ3n) is 3.03. The van der Waals surface area contributed by atoms with E-state index in [9.17, 15) is 0 Å². The number of ether oxygens (including phenoxy) is 2. The van der Waals surface area contributed by atoms with Crippen LogP contribution in [0.2, 0.25) is 0 Å². The van der Waals surface area contributed by atoms with Gasteiger partial charge in [-0.05, 0) is 31.7 Å². The summed E-state index contributed by atoms with van der Waals surface area (Å²) >= 11 is 0. The van der Waals surface area contributed by atoms with Crippen LogP contribution in [0.1, 0.15) is 20.3 Å². The highest BCUT2D eigenvalue weighted by atomic mass is 16.7. The zero-order valence-corrected chi connectivity index (χ0v) is 8.51. The first-order chi connectivity index (χ1) is 6.20. The second kappa shape index (κ2) is 3.56. The van der Waals surface area contributed by atoms with Gasteiger partial charge in [-0.1, -0.05) is 6.92 Å². The Morgan fingerprint density at radius 3 is 2.54 bits per heavy atom. The summed E-state index contributed by atoms with van der Waals surface area (Å²) in [5.41, 5.74) is 0. The van der Waals surface area contributed by atoms with E-state index in [2.05, 4.69) is 12.2 Å². The Kier molecular flexibility index (Phi) is 2.58. The van der Waals surface area contributed by atoms with E-state index in [4.69, 9.17) is 9.47 Å². The standard InChI is InChI=1S/C10H19NO2/c1-8-5-9(8)6-11-7-10(2)12-3-4-13-10/h8-9,11H,3-7H2,1-2H3. The van der Waals surface area contributed by atoms with Crippen molar-refractivity contribution in [3.05, 3.63) is 0 Å². The van der Waals surface area contributed by atoms with Crippen LogP contribution in [-0.2, 0) is 9.47 Å². The Balaban J connectivity index is 1.61. The van der Waals surface area contributed by atoms with Crippen LogP contribution in [0.15, 0.2) is 0 Å². The van der Waals surface area contributed by atoms with E-state index in [-0.39, 0.29) is 5.79 Å². The Hall–Kier alpha value is -0.120. The fraction of sp³-hybridized carbons (Fsp3) is 1.00. The molecular formula is C10H19NO2. The smallest absolute Gasteiger partial charge is 0.178 e. The molecule has 0 amide bonds. The molecule has 2 unspecified atom stereocenters. The zero-order valence-electron chi connectivity index (χ0n) is 8.51. The summed E-state index contributed by atoms with van der Waals surface area (Å²) in [6, 6.07) is 0. The number of nitrogens with one attached hydrogen (secondary N) is 1. The molecule has 13 heavy (non-hydrogen) atoms. The molecule has 1 aliphatic heterocycles. The number of hydrogen-bond donors (Lipinski definition) is 1. The summed E-state index contributed by atoms with van der Waals surface area (Å²) in [5, 5.41) is 3.41. The van der Waals surface area contributed by atoms with Gasteiger partial charge in [0.2, 0.25) is 0 Å². The molecule has 1 saturated carbocycles. The third-order valence-corrected chi connectivity index (χ3v) is 3.03. The first-order valence-corrected chi connectivity index (χ1v) is 5.18. The van der Waals surface area contributed by atoms with Gasteiger partial charge in [-0.2, -0.15) is 0 Å². The fourth-order valence-corrected chi connectivity index (χ4v) is 1.83. The number of hydrogen-bond acceptors (Lipinski definition) is 3. The molecule has 0 bridgehead atoms. The molecule has 1 N–H and O–H groups in total. The van der Waals surface area contributed by atoms with Crippen molar-refractivity contribution < 1.29 is 9.47 Å². The van der Waals surface area contributed by atoms with Gasteiger partial charge in [0.25, 0.3) is 0 Å². The topological polar surface area (TPSA) is 30.5 Å². The molecule has 1 aliphatic carbocycles. The molecule has 0 radical (unpaired) electrons. The summed E-state index contributed by atoms with van der Waals surface area (Å²) in [6.45, 7) is 7.70. The molecule has 2 fully saturated rings. The minimum Gasteiger partial charge on any atom is -0.347 e. The van der Waals surface area contributed by atoms with Gasteiger partial charge >= 0.3 is 0 Å². The van der Waals surface area contributed by atoms with E-state index in [0.717, 1.165) is 38.1 Å². The second-order valence-electron chi connectivity index (χ2n) is 4.43. The Morgan fingerprint density at radius 2 is 2.00 bits per heavy atom. The maximum absolute atomic E-state index is 5.48. The lowest BCUT2D eigenvalue weighted by Crippen LogP contribution is -2.39. The van der Waals surface area contributed by atoms with Crippen LogP contribution >= 0.6 is 0 Å². The maximum Gasteiger partial charge on any atom is 0.178 e. The first-order valence-electron chi connectivity index (χ1n) is 5.18. The summed E-state index contributed by atoms with van der Waals surface area (Å²) < 4.78 is 11.0. The highest BCUT2D eigenvalue weighted by Gasteiger charge is 2.34. The van der Waals surface area contributed by atoms with E-state index in [1.807, 2.05) is 6.92 Å². The summed E-state index contributed by atoms with van der Waals surface area (Å²) in [5.74, 6) is 1.45. The molecule has 0 aromatic heterocycles. The van der Waals surface area contributed by atoms with E-state index in [1.54, 1.807) is 0 Å². The Bertz CT molecular complexity index is 178. The van der Waals surface area contributed by atoms with Crippen LogP contribution in [0.5, 0.6) is 0 Å². The summed E-state index contributed by atoms with van der Waals surface area (Å²) in [6.07, 6.45) is 1.38. The summed E-state index contributed by atoms with van der Waals surface area (Å²) in [7, 11) is 0. The van der Waals surface area contributed by atoms with E-state index in [1.165, 1.54) is 6.42 Å². The zero-order chi connectivity index (χ0) is 9.31. The van der Waals surface area contributed by atoms with Crippen LogP contribution in [0, 0.1) is 11.8 Å². The van der Waals surface area contributed by atoms with Gasteiger partial charge in [0, 0.05) is 6.54 Å². The number of rotatable bonds is 4. The largest absolute Gasteiger partial charge is 0.347 e. The molecule has 3 nitrogen and oxygen atoms in total. The van der Waals surface area contributed by atoms with Crippen molar-refractivity contribution in [1.29, 1.82) is 0 Å². The average molecular weight is 185 g/mol. The van der Waals surface area contributed by atoms with Gasteiger partial charge in [-0.3, -0.25) is 0 Å². The first kappa shape index (κ1) is 9.44. The SMILES string of the molecule is CC1CC1CNCC1(C)OCCO1. The Labute approximate surface area is 79.8 Å². The van der Waals surface area contributed by atoms with Gasteiger partial charge in [0.15, 0.2) is 5.79 Å². The molecule has 1 heterocycles. The van der Waals surface area contributed by atoms with Crippen LogP contribution in [0.3, 0.4) is 0 Å². The van der Waals surface area contributed by atoms with Gasteiger partial charge in [-0.25, -0.2) is 0 Å². The lowest BCUT2D eigenvalue weighted by molar-refractivity contribution is -0.138. The van der Waals surface area contributed by atoms with Crippen molar-refractivity contribution in [1.82, 2.24) is 5.32 Å².